The number of pyridine rings is 3. The molecule has 1 aliphatic heterocycles. The highest BCUT2D eigenvalue weighted by atomic mass is 32.2. The summed E-state index contributed by atoms with van der Waals surface area (Å²) in [6, 6.07) is 16.4. The molecule has 0 fully saturated rings. The van der Waals surface area contributed by atoms with Gasteiger partial charge in [0.2, 0.25) is 0 Å². The number of fused-ring (bicyclic) bond motifs is 3. The van der Waals surface area contributed by atoms with Gasteiger partial charge in [-0.15, -0.1) is 0 Å². The van der Waals surface area contributed by atoms with Crippen LogP contribution in [0.4, 0.5) is 0 Å². The fourth-order valence-corrected chi connectivity index (χ4v) is 5.80. The Morgan fingerprint density at radius 3 is 2.70 bits per heavy atom. The first-order valence-corrected chi connectivity index (χ1v) is 13.4. The summed E-state index contributed by atoms with van der Waals surface area (Å²) >= 11 is 0. The third-order valence-corrected chi connectivity index (χ3v) is 8.21. The number of carbonyl (C=O) groups excluding carboxylic acids is 1. The van der Waals surface area contributed by atoms with Crippen LogP contribution in [0.2, 0.25) is 0 Å². The number of aryl methyl sites for hydroxylation is 1. The number of hydrogen-bond acceptors (Lipinski definition) is 7. The van der Waals surface area contributed by atoms with E-state index in [0.717, 1.165) is 33.3 Å². The van der Waals surface area contributed by atoms with Gasteiger partial charge in [0.25, 0.3) is 5.91 Å². The van der Waals surface area contributed by atoms with Crippen LogP contribution in [0.15, 0.2) is 71.9 Å². The molecule has 1 N–H and O–H groups in total. The van der Waals surface area contributed by atoms with E-state index >= 15 is 0 Å². The van der Waals surface area contributed by atoms with Gasteiger partial charge in [-0.2, -0.15) is 0 Å². The number of aromatic nitrogens is 4. The van der Waals surface area contributed by atoms with E-state index in [1.54, 1.807) is 18.3 Å². The van der Waals surface area contributed by atoms with E-state index in [-0.39, 0.29) is 41.9 Å². The lowest BCUT2D eigenvalue weighted by atomic mass is 10.1. The Morgan fingerprint density at radius 2 is 1.84 bits per heavy atom. The third kappa shape index (κ3) is 4.45. The van der Waals surface area contributed by atoms with Crippen molar-refractivity contribution in [3.05, 3.63) is 83.8 Å². The predicted octanol–water partition coefficient (Wildman–Crippen LogP) is 3.42. The van der Waals surface area contributed by atoms with Crippen molar-refractivity contribution >= 4 is 37.7 Å². The van der Waals surface area contributed by atoms with Crippen molar-refractivity contribution in [3.8, 4) is 11.4 Å². The van der Waals surface area contributed by atoms with E-state index < -0.39 is 9.84 Å². The molecule has 1 aromatic carbocycles. The molecule has 0 bridgehead atoms. The second kappa shape index (κ2) is 9.06. The highest BCUT2D eigenvalue weighted by Gasteiger charge is 2.23. The average Bonchev–Trinajstić information content (AvgIpc) is 3.21. The second-order valence-electron chi connectivity index (χ2n) is 8.98. The molecule has 186 valence electrons. The summed E-state index contributed by atoms with van der Waals surface area (Å²) in [4.78, 5) is 27.0. The number of hydrogen-bond donors (Lipinski definition) is 1. The van der Waals surface area contributed by atoms with E-state index in [1.807, 2.05) is 54.2 Å². The molecule has 4 aromatic heterocycles. The quantitative estimate of drug-likeness (QED) is 0.391. The Labute approximate surface area is 213 Å². The molecule has 9 nitrogen and oxygen atoms in total. The first-order valence-electron chi connectivity index (χ1n) is 11.8. The summed E-state index contributed by atoms with van der Waals surface area (Å²) in [6.07, 6.45) is 3.69. The second-order valence-corrected chi connectivity index (χ2v) is 11.1. The van der Waals surface area contributed by atoms with Crippen molar-refractivity contribution in [2.45, 2.75) is 18.0 Å². The topological polar surface area (TPSA) is 116 Å². The molecule has 5 aromatic rings. The molecular formula is C27H23N5O4S. The fraction of sp³-hybridized carbons (Fsp3) is 0.185. The number of nitrogens with one attached hydrogen (secondary N) is 1. The molecule has 0 aliphatic carbocycles. The zero-order valence-corrected chi connectivity index (χ0v) is 20.8. The Morgan fingerprint density at radius 1 is 1.03 bits per heavy atom. The summed E-state index contributed by atoms with van der Waals surface area (Å²) in [7, 11) is -1.54. The Hall–Kier alpha value is -4.15. The standard InChI is InChI=1S/C27H23N5O4S/c1-32-9-8-17-4-6-23(31-26(17)32)22-7-5-19-14-28-21(13-24(19)30-22)15-29-27(33)18-2-3-20-16-36-10-11-37(34,35)25(20)12-18/h2-9,12-14H,10-11,15-16H2,1H3,(H,29,33). The summed E-state index contributed by atoms with van der Waals surface area (Å²) in [5.74, 6) is -0.484. The molecule has 0 saturated heterocycles. The van der Waals surface area contributed by atoms with E-state index in [2.05, 4.69) is 10.3 Å². The predicted molar refractivity (Wildman–Crippen MR) is 139 cm³/mol. The van der Waals surface area contributed by atoms with Crippen LogP contribution >= 0.6 is 0 Å². The SMILES string of the molecule is Cn1ccc2ccc(-c3ccc4cnc(CNC(=O)c5ccc6c(c5)S(=O)(=O)CCOC6)cc4n3)nc21. The summed E-state index contributed by atoms with van der Waals surface area (Å²) in [5, 5.41) is 4.77. The molecule has 0 atom stereocenters. The third-order valence-electron chi connectivity index (χ3n) is 6.46. The molecule has 0 unspecified atom stereocenters. The maximum Gasteiger partial charge on any atom is 0.251 e. The molecule has 1 aliphatic rings. The average molecular weight is 514 g/mol. The Balaban J connectivity index is 1.23. The van der Waals surface area contributed by atoms with Gasteiger partial charge in [-0.05, 0) is 54.1 Å². The van der Waals surface area contributed by atoms with Crippen LogP contribution in [0.1, 0.15) is 21.6 Å². The maximum absolute atomic E-state index is 12.8. The molecular weight excluding hydrogens is 490 g/mol. The summed E-state index contributed by atoms with van der Waals surface area (Å²) < 4.78 is 32.4. The van der Waals surface area contributed by atoms with E-state index in [9.17, 15) is 13.2 Å². The number of ether oxygens (including phenoxy) is 1. The van der Waals surface area contributed by atoms with Gasteiger partial charge in [0.05, 0.1) is 53.0 Å². The van der Waals surface area contributed by atoms with Gasteiger partial charge < -0.3 is 14.6 Å². The van der Waals surface area contributed by atoms with Gasteiger partial charge in [0.15, 0.2) is 9.84 Å². The molecule has 0 radical (unpaired) electrons. The van der Waals surface area contributed by atoms with Crippen LogP contribution < -0.4 is 5.32 Å². The van der Waals surface area contributed by atoms with Gasteiger partial charge in [-0.3, -0.25) is 9.78 Å². The van der Waals surface area contributed by atoms with Crippen LogP contribution in [-0.2, 0) is 34.8 Å². The number of amides is 1. The first kappa shape index (κ1) is 23.3. The smallest absolute Gasteiger partial charge is 0.251 e. The zero-order valence-electron chi connectivity index (χ0n) is 20.0. The van der Waals surface area contributed by atoms with Crippen molar-refractivity contribution in [1.29, 1.82) is 0 Å². The lowest BCUT2D eigenvalue weighted by Crippen LogP contribution is -2.23. The van der Waals surface area contributed by atoms with Crippen LogP contribution in [-0.4, -0.2) is 46.2 Å². The monoisotopic (exact) mass is 513 g/mol. The maximum atomic E-state index is 12.8. The van der Waals surface area contributed by atoms with E-state index in [0.29, 0.717) is 11.3 Å². The van der Waals surface area contributed by atoms with Gasteiger partial charge in [0.1, 0.15) is 5.65 Å². The van der Waals surface area contributed by atoms with Gasteiger partial charge in [0, 0.05) is 35.8 Å². The zero-order chi connectivity index (χ0) is 25.6. The Kier molecular flexibility index (Phi) is 5.69. The highest BCUT2D eigenvalue weighted by Crippen LogP contribution is 2.24. The van der Waals surface area contributed by atoms with Crippen molar-refractivity contribution < 1.29 is 17.9 Å². The minimum Gasteiger partial charge on any atom is -0.376 e. The lowest BCUT2D eigenvalue weighted by Gasteiger charge is -2.10. The molecule has 6 rings (SSSR count). The summed E-state index contributed by atoms with van der Waals surface area (Å²) in [6.45, 7) is 0.515. The van der Waals surface area contributed by atoms with Gasteiger partial charge >= 0.3 is 0 Å². The molecule has 1 amide bonds. The van der Waals surface area contributed by atoms with Crippen LogP contribution in [0, 0.1) is 0 Å². The molecule has 0 spiro atoms. The first-order chi connectivity index (χ1) is 17.9. The number of carbonyl (C=O) groups is 1. The largest absolute Gasteiger partial charge is 0.376 e. The molecule has 10 heteroatoms. The minimum atomic E-state index is -3.50. The van der Waals surface area contributed by atoms with Crippen LogP contribution in [0.25, 0.3) is 33.3 Å². The number of rotatable bonds is 4. The number of sulfone groups is 1. The van der Waals surface area contributed by atoms with Gasteiger partial charge in [-0.25, -0.2) is 18.4 Å². The number of benzene rings is 1. The Bertz CT molecular complexity index is 1800. The summed E-state index contributed by atoms with van der Waals surface area (Å²) in [5.41, 5.74) is 4.60. The molecule has 0 saturated carbocycles. The molecule has 5 heterocycles. The highest BCUT2D eigenvalue weighted by molar-refractivity contribution is 7.91. The van der Waals surface area contributed by atoms with E-state index in [1.165, 1.54) is 6.07 Å². The van der Waals surface area contributed by atoms with E-state index in [4.69, 9.17) is 14.7 Å². The van der Waals surface area contributed by atoms with Crippen molar-refractivity contribution in [2.24, 2.45) is 7.05 Å². The number of nitrogens with zero attached hydrogens (tertiary/aromatic N) is 4. The lowest BCUT2D eigenvalue weighted by molar-refractivity contribution is 0.0950. The van der Waals surface area contributed by atoms with Crippen molar-refractivity contribution in [1.82, 2.24) is 24.8 Å². The molecule has 37 heavy (non-hydrogen) atoms. The normalized spacial score (nSPS) is 14.8. The van der Waals surface area contributed by atoms with Crippen LogP contribution in [0.5, 0.6) is 0 Å². The van der Waals surface area contributed by atoms with Crippen molar-refractivity contribution in [2.75, 3.05) is 12.4 Å². The van der Waals surface area contributed by atoms with Gasteiger partial charge in [-0.1, -0.05) is 6.07 Å². The fourth-order valence-electron chi connectivity index (χ4n) is 4.41. The minimum absolute atomic E-state index is 0.102. The van der Waals surface area contributed by atoms with Crippen molar-refractivity contribution in [3.63, 3.8) is 0 Å². The van der Waals surface area contributed by atoms with Crippen LogP contribution in [0.3, 0.4) is 0 Å².